The standard InChI is InChI=1S/C20H13ClF3N3O3/c1-30-18(29)17(28)27(15-7-5-13(6-8-15)20(22,23)24)19-25-10-9-16(26-19)12-3-2-4-14(21)11-12/h2-11H,1H3. The second-order valence-corrected chi connectivity index (χ2v) is 6.37. The third-order valence-corrected chi connectivity index (χ3v) is 4.21. The predicted molar refractivity (Wildman–Crippen MR) is 103 cm³/mol. The molecule has 154 valence electrons. The zero-order valence-electron chi connectivity index (χ0n) is 15.4. The molecule has 0 atom stereocenters. The van der Waals surface area contributed by atoms with Crippen LogP contribution in [0, 0.1) is 0 Å². The van der Waals surface area contributed by atoms with Crippen molar-refractivity contribution in [2.75, 3.05) is 12.0 Å². The molecule has 0 unspecified atom stereocenters. The third kappa shape index (κ3) is 4.57. The number of ether oxygens (including phenoxy) is 1. The number of carbonyl (C=O) groups is 2. The van der Waals surface area contributed by atoms with Crippen molar-refractivity contribution in [1.82, 2.24) is 9.97 Å². The molecule has 3 rings (SSSR count). The van der Waals surface area contributed by atoms with Crippen LogP contribution < -0.4 is 4.90 Å². The van der Waals surface area contributed by atoms with Crippen LogP contribution in [0.4, 0.5) is 24.8 Å². The van der Waals surface area contributed by atoms with E-state index in [0.717, 1.165) is 36.3 Å². The maximum Gasteiger partial charge on any atom is 0.416 e. The van der Waals surface area contributed by atoms with Crippen LogP contribution in [-0.2, 0) is 20.5 Å². The number of aromatic nitrogens is 2. The lowest BCUT2D eigenvalue weighted by Crippen LogP contribution is -2.34. The zero-order valence-corrected chi connectivity index (χ0v) is 16.1. The number of hydrogen-bond acceptors (Lipinski definition) is 5. The van der Waals surface area contributed by atoms with Crippen LogP contribution in [-0.4, -0.2) is 29.0 Å². The fourth-order valence-corrected chi connectivity index (χ4v) is 2.76. The largest absolute Gasteiger partial charge is 0.462 e. The molecular formula is C20H13ClF3N3O3. The van der Waals surface area contributed by atoms with E-state index in [9.17, 15) is 22.8 Å². The lowest BCUT2D eigenvalue weighted by molar-refractivity contribution is -0.151. The monoisotopic (exact) mass is 435 g/mol. The summed E-state index contributed by atoms with van der Waals surface area (Å²) in [5.74, 6) is -2.62. The Morgan fingerprint density at radius 3 is 2.37 bits per heavy atom. The van der Waals surface area contributed by atoms with Gasteiger partial charge in [-0.15, -0.1) is 0 Å². The van der Waals surface area contributed by atoms with Gasteiger partial charge < -0.3 is 4.74 Å². The number of carbonyl (C=O) groups excluding carboxylic acids is 2. The lowest BCUT2D eigenvalue weighted by Gasteiger charge is -2.20. The number of esters is 1. The van der Waals surface area contributed by atoms with Gasteiger partial charge >= 0.3 is 18.1 Å². The number of amides is 1. The van der Waals surface area contributed by atoms with Crippen molar-refractivity contribution in [3.63, 3.8) is 0 Å². The minimum atomic E-state index is -4.56. The van der Waals surface area contributed by atoms with Crippen molar-refractivity contribution < 1.29 is 27.5 Å². The van der Waals surface area contributed by atoms with E-state index in [1.807, 2.05) is 0 Å². The fraction of sp³-hybridized carbons (Fsp3) is 0.100. The molecule has 0 aliphatic carbocycles. The number of methoxy groups -OCH3 is 1. The predicted octanol–water partition coefficient (Wildman–Crippen LogP) is 4.65. The van der Waals surface area contributed by atoms with Crippen LogP contribution in [0.5, 0.6) is 0 Å². The molecule has 1 aromatic heterocycles. The molecule has 0 saturated heterocycles. The van der Waals surface area contributed by atoms with Crippen molar-refractivity contribution in [2.24, 2.45) is 0 Å². The highest BCUT2D eigenvalue weighted by Gasteiger charge is 2.32. The van der Waals surface area contributed by atoms with E-state index in [1.165, 1.54) is 6.20 Å². The van der Waals surface area contributed by atoms with Gasteiger partial charge in [-0.2, -0.15) is 13.2 Å². The minimum Gasteiger partial charge on any atom is -0.462 e. The van der Waals surface area contributed by atoms with Crippen LogP contribution in [0.1, 0.15) is 5.56 Å². The SMILES string of the molecule is COC(=O)C(=O)N(c1ccc(C(F)(F)F)cc1)c1nccc(-c2cccc(Cl)c2)n1. The molecule has 0 aliphatic heterocycles. The minimum absolute atomic E-state index is 0.0401. The lowest BCUT2D eigenvalue weighted by atomic mass is 10.1. The van der Waals surface area contributed by atoms with Crippen LogP contribution in [0.3, 0.4) is 0 Å². The first-order valence-electron chi connectivity index (χ1n) is 8.39. The Kier molecular flexibility index (Phi) is 6.02. The summed E-state index contributed by atoms with van der Waals surface area (Å²) >= 11 is 5.99. The summed E-state index contributed by atoms with van der Waals surface area (Å²) in [6.45, 7) is 0. The van der Waals surface area contributed by atoms with Crippen LogP contribution in [0.25, 0.3) is 11.3 Å². The Balaban J connectivity index is 2.08. The number of halogens is 4. The van der Waals surface area contributed by atoms with Crippen LogP contribution >= 0.6 is 11.6 Å². The first-order chi connectivity index (χ1) is 14.2. The summed E-state index contributed by atoms with van der Waals surface area (Å²) in [7, 11) is 1.01. The van der Waals surface area contributed by atoms with Gasteiger partial charge in [0.25, 0.3) is 0 Å². The first-order valence-corrected chi connectivity index (χ1v) is 8.77. The number of alkyl halides is 3. The van der Waals surface area contributed by atoms with Crippen molar-refractivity contribution in [3.05, 3.63) is 71.4 Å². The van der Waals surface area contributed by atoms with Gasteiger partial charge in [0.1, 0.15) is 0 Å². The summed E-state index contributed by atoms with van der Waals surface area (Å²) in [6, 6.07) is 11.9. The highest BCUT2D eigenvalue weighted by atomic mass is 35.5. The summed E-state index contributed by atoms with van der Waals surface area (Å²) in [4.78, 5) is 33.5. The molecular weight excluding hydrogens is 423 g/mol. The molecule has 0 radical (unpaired) electrons. The Bertz CT molecular complexity index is 1090. The van der Waals surface area contributed by atoms with Crippen LogP contribution in [0.2, 0.25) is 5.02 Å². The number of anilines is 2. The molecule has 0 spiro atoms. The molecule has 30 heavy (non-hydrogen) atoms. The fourth-order valence-electron chi connectivity index (χ4n) is 2.57. The average Bonchev–Trinajstić information content (AvgIpc) is 2.73. The van der Waals surface area contributed by atoms with Gasteiger partial charge in [-0.1, -0.05) is 23.7 Å². The quantitative estimate of drug-likeness (QED) is 0.442. The highest BCUT2D eigenvalue weighted by Crippen LogP contribution is 2.32. The van der Waals surface area contributed by atoms with E-state index in [4.69, 9.17) is 11.6 Å². The van der Waals surface area contributed by atoms with Gasteiger partial charge in [0.15, 0.2) is 0 Å². The zero-order chi connectivity index (χ0) is 21.9. The van der Waals surface area contributed by atoms with Gasteiger partial charge in [0.2, 0.25) is 5.95 Å². The number of nitrogens with zero attached hydrogens (tertiary/aromatic N) is 3. The van der Waals surface area contributed by atoms with Gasteiger partial charge in [0.05, 0.1) is 24.1 Å². The Hall–Kier alpha value is -3.46. The van der Waals surface area contributed by atoms with E-state index in [-0.39, 0.29) is 11.6 Å². The molecule has 0 saturated carbocycles. The van der Waals surface area contributed by atoms with Crippen molar-refractivity contribution in [2.45, 2.75) is 6.18 Å². The molecule has 1 amide bonds. The number of hydrogen-bond donors (Lipinski definition) is 0. The maximum absolute atomic E-state index is 12.9. The number of benzene rings is 2. The van der Waals surface area contributed by atoms with Gasteiger partial charge in [-0.05, 0) is 42.5 Å². The molecule has 0 aliphatic rings. The Morgan fingerprint density at radius 1 is 1.07 bits per heavy atom. The van der Waals surface area contributed by atoms with Crippen molar-refractivity contribution in [1.29, 1.82) is 0 Å². The highest BCUT2D eigenvalue weighted by molar-refractivity contribution is 6.39. The van der Waals surface area contributed by atoms with Gasteiger partial charge in [0, 0.05) is 16.8 Å². The topological polar surface area (TPSA) is 72.4 Å². The molecule has 0 fully saturated rings. The van der Waals surface area contributed by atoms with E-state index in [1.54, 1.807) is 30.3 Å². The van der Waals surface area contributed by atoms with E-state index in [2.05, 4.69) is 14.7 Å². The molecule has 3 aromatic rings. The van der Waals surface area contributed by atoms with Crippen molar-refractivity contribution >= 4 is 35.1 Å². The molecule has 10 heteroatoms. The Morgan fingerprint density at radius 2 is 1.77 bits per heavy atom. The molecule has 2 aromatic carbocycles. The summed E-state index contributed by atoms with van der Waals surface area (Å²) < 4.78 is 43.1. The second-order valence-electron chi connectivity index (χ2n) is 5.93. The van der Waals surface area contributed by atoms with E-state index in [0.29, 0.717) is 16.3 Å². The van der Waals surface area contributed by atoms with Gasteiger partial charge in [-0.25, -0.2) is 19.7 Å². The Labute approximate surface area is 173 Å². The molecule has 0 N–H and O–H groups in total. The smallest absolute Gasteiger partial charge is 0.416 e. The average molecular weight is 436 g/mol. The molecule has 1 heterocycles. The summed E-state index contributed by atoms with van der Waals surface area (Å²) in [5, 5.41) is 0.456. The third-order valence-electron chi connectivity index (χ3n) is 3.98. The number of rotatable bonds is 3. The molecule has 0 bridgehead atoms. The maximum atomic E-state index is 12.9. The van der Waals surface area contributed by atoms with E-state index >= 15 is 0 Å². The van der Waals surface area contributed by atoms with Crippen LogP contribution in [0.15, 0.2) is 60.8 Å². The van der Waals surface area contributed by atoms with E-state index < -0.39 is 23.6 Å². The first kappa shape index (κ1) is 21.3. The van der Waals surface area contributed by atoms with Gasteiger partial charge in [-0.3, -0.25) is 4.79 Å². The summed E-state index contributed by atoms with van der Waals surface area (Å²) in [6.07, 6.45) is -3.21. The normalized spacial score (nSPS) is 11.1. The van der Waals surface area contributed by atoms with Crippen molar-refractivity contribution in [3.8, 4) is 11.3 Å². The molecule has 6 nitrogen and oxygen atoms in total. The second kappa shape index (κ2) is 8.50. The summed E-state index contributed by atoms with van der Waals surface area (Å²) in [5.41, 5.74) is 0.0491.